The Morgan fingerprint density at radius 1 is 0.885 bits per heavy atom. The van der Waals surface area contributed by atoms with Crippen molar-refractivity contribution < 1.29 is 9.84 Å². The van der Waals surface area contributed by atoms with E-state index in [1.165, 1.54) is 0 Å². The summed E-state index contributed by atoms with van der Waals surface area (Å²) in [7, 11) is 0. The fourth-order valence-corrected chi connectivity index (χ4v) is 2.82. The minimum Gasteiger partial charge on any atom is -0.489 e. The average molecular weight is 368 g/mol. The Bertz CT molecular complexity index is 806. The highest BCUT2D eigenvalue weighted by molar-refractivity contribution is 6.31. The second-order valence-corrected chi connectivity index (χ2v) is 6.49. The van der Waals surface area contributed by atoms with Gasteiger partial charge in [-0.1, -0.05) is 72.3 Å². The molecule has 2 N–H and O–H groups in total. The predicted molar refractivity (Wildman–Crippen MR) is 105 cm³/mol. The van der Waals surface area contributed by atoms with Crippen molar-refractivity contribution >= 4 is 11.6 Å². The highest BCUT2D eigenvalue weighted by atomic mass is 35.5. The fourth-order valence-electron chi connectivity index (χ4n) is 2.63. The minimum absolute atomic E-state index is 0.445. The standard InChI is InChI=1S/C22H22ClNO2/c23-21-9-5-4-8-19(21)16-26-20-12-10-17(11-13-20)14-24-15-22(25)18-6-2-1-3-7-18/h1-13,22,24-25H,14-16H2/t22-/m1/s1. The minimum atomic E-state index is -0.505. The summed E-state index contributed by atoms with van der Waals surface area (Å²) in [5.41, 5.74) is 3.02. The maximum atomic E-state index is 10.1. The number of hydrogen-bond donors (Lipinski definition) is 2. The Labute approximate surface area is 159 Å². The Balaban J connectivity index is 1.45. The predicted octanol–water partition coefficient (Wildman–Crippen LogP) is 4.74. The molecular weight excluding hydrogens is 346 g/mol. The van der Waals surface area contributed by atoms with Crippen molar-refractivity contribution in [1.82, 2.24) is 5.32 Å². The van der Waals surface area contributed by atoms with Crippen LogP contribution in [-0.4, -0.2) is 11.7 Å². The van der Waals surface area contributed by atoms with Gasteiger partial charge in [-0.2, -0.15) is 0 Å². The molecule has 26 heavy (non-hydrogen) atoms. The van der Waals surface area contributed by atoms with Crippen LogP contribution in [0.5, 0.6) is 5.75 Å². The summed E-state index contributed by atoms with van der Waals surface area (Å²) in [4.78, 5) is 0. The van der Waals surface area contributed by atoms with Crippen molar-refractivity contribution in [3.63, 3.8) is 0 Å². The van der Waals surface area contributed by atoms with Gasteiger partial charge in [0, 0.05) is 23.7 Å². The van der Waals surface area contributed by atoms with Gasteiger partial charge in [0.2, 0.25) is 0 Å². The molecule has 0 aliphatic heterocycles. The SMILES string of the molecule is O[C@H](CNCc1ccc(OCc2ccccc2Cl)cc1)c1ccccc1. The number of aliphatic hydroxyl groups excluding tert-OH is 1. The van der Waals surface area contributed by atoms with Crippen molar-refractivity contribution in [2.75, 3.05) is 6.54 Å². The Morgan fingerprint density at radius 2 is 1.58 bits per heavy atom. The molecule has 0 aromatic heterocycles. The normalized spacial score (nSPS) is 11.9. The summed E-state index contributed by atoms with van der Waals surface area (Å²) in [6, 6.07) is 25.3. The molecule has 0 spiro atoms. The van der Waals surface area contributed by atoms with Crippen molar-refractivity contribution in [2.45, 2.75) is 19.3 Å². The molecule has 0 unspecified atom stereocenters. The summed E-state index contributed by atoms with van der Waals surface area (Å²) >= 11 is 6.13. The van der Waals surface area contributed by atoms with Gasteiger partial charge >= 0.3 is 0 Å². The Morgan fingerprint density at radius 3 is 2.31 bits per heavy atom. The van der Waals surface area contributed by atoms with Gasteiger partial charge in [-0.05, 0) is 29.3 Å². The van der Waals surface area contributed by atoms with E-state index in [2.05, 4.69) is 5.32 Å². The molecule has 0 aliphatic carbocycles. The zero-order valence-electron chi connectivity index (χ0n) is 14.4. The first-order valence-corrected chi connectivity index (χ1v) is 8.99. The van der Waals surface area contributed by atoms with E-state index >= 15 is 0 Å². The lowest BCUT2D eigenvalue weighted by Crippen LogP contribution is -2.20. The van der Waals surface area contributed by atoms with E-state index in [0.717, 1.165) is 22.4 Å². The maximum absolute atomic E-state index is 10.1. The monoisotopic (exact) mass is 367 g/mol. The molecule has 3 aromatic carbocycles. The lowest BCUT2D eigenvalue weighted by atomic mass is 10.1. The first-order chi connectivity index (χ1) is 12.7. The molecule has 0 radical (unpaired) electrons. The summed E-state index contributed by atoms with van der Waals surface area (Å²) in [6.07, 6.45) is -0.505. The van der Waals surface area contributed by atoms with Crippen molar-refractivity contribution in [3.8, 4) is 5.75 Å². The van der Waals surface area contributed by atoms with E-state index in [9.17, 15) is 5.11 Å². The molecule has 0 fully saturated rings. The fraction of sp³-hybridized carbons (Fsp3) is 0.182. The van der Waals surface area contributed by atoms with E-state index in [4.69, 9.17) is 16.3 Å². The Kier molecular flexibility index (Phi) is 6.67. The molecule has 1 atom stereocenters. The van der Waals surface area contributed by atoms with Gasteiger partial charge in [0.15, 0.2) is 0 Å². The zero-order chi connectivity index (χ0) is 18.2. The molecular formula is C22H22ClNO2. The van der Waals surface area contributed by atoms with Crippen LogP contribution >= 0.6 is 11.6 Å². The number of benzene rings is 3. The number of nitrogens with one attached hydrogen (secondary N) is 1. The third-order valence-corrected chi connectivity index (χ3v) is 4.50. The quantitative estimate of drug-likeness (QED) is 0.604. The lowest BCUT2D eigenvalue weighted by Gasteiger charge is -2.12. The molecule has 4 heteroatoms. The molecule has 134 valence electrons. The van der Waals surface area contributed by atoms with Gasteiger partial charge < -0.3 is 15.2 Å². The van der Waals surface area contributed by atoms with Gasteiger partial charge in [-0.25, -0.2) is 0 Å². The van der Waals surface area contributed by atoms with E-state index in [1.54, 1.807) is 0 Å². The van der Waals surface area contributed by atoms with Crippen molar-refractivity contribution in [1.29, 1.82) is 0 Å². The highest BCUT2D eigenvalue weighted by Gasteiger charge is 2.06. The lowest BCUT2D eigenvalue weighted by molar-refractivity contribution is 0.174. The molecule has 3 aromatic rings. The van der Waals surface area contributed by atoms with Crippen LogP contribution in [0.4, 0.5) is 0 Å². The van der Waals surface area contributed by atoms with Crippen molar-refractivity contribution in [2.24, 2.45) is 0 Å². The Hall–Kier alpha value is -2.33. The molecule has 3 rings (SSSR count). The van der Waals surface area contributed by atoms with E-state index in [1.807, 2.05) is 78.9 Å². The second-order valence-electron chi connectivity index (χ2n) is 6.08. The molecule has 0 bridgehead atoms. The summed E-state index contributed by atoms with van der Waals surface area (Å²) in [5.74, 6) is 0.804. The largest absolute Gasteiger partial charge is 0.489 e. The van der Waals surface area contributed by atoms with Crippen LogP contribution in [0.1, 0.15) is 22.8 Å². The smallest absolute Gasteiger partial charge is 0.119 e. The van der Waals surface area contributed by atoms with Gasteiger partial charge in [-0.3, -0.25) is 0 Å². The highest BCUT2D eigenvalue weighted by Crippen LogP contribution is 2.19. The van der Waals surface area contributed by atoms with Crippen molar-refractivity contribution in [3.05, 3.63) is 101 Å². The van der Waals surface area contributed by atoms with E-state index in [-0.39, 0.29) is 0 Å². The van der Waals surface area contributed by atoms with Gasteiger partial charge in [0.1, 0.15) is 12.4 Å². The van der Waals surface area contributed by atoms with Crippen LogP contribution in [0.2, 0.25) is 5.02 Å². The zero-order valence-corrected chi connectivity index (χ0v) is 15.2. The summed E-state index contributed by atoms with van der Waals surface area (Å²) < 4.78 is 5.78. The molecule has 0 aliphatic rings. The third-order valence-electron chi connectivity index (χ3n) is 4.13. The number of rotatable bonds is 8. The number of aliphatic hydroxyl groups is 1. The number of ether oxygens (including phenoxy) is 1. The number of halogens is 1. The van der Waals surface area contributed by atoms with Gasteiger partial charge in [0.25, 0.3) is 0 Å². The first kappa shape index (κ1) is 18.5. The molecule has 0 heterocycles. The second kappa shape index (κ2) is 9.39. The van der Waals surface area contributed by atoms with E-state index in [0.29, 0.717) is 24.7 Å². The maximum Gasteiger partial charge on any atom is 0.119 e. The first-order valence-electron chi connectivity index (χ1n) is 8.61. The van der Waals surface area contributed by atoms with Gasteiger partial charge in [-0.15, -0.1) is 0 Å². The molecule has 0 saturated heterocycles. The summed E-state index contributed by atoms with van der Waals surface area (Å²) in [5, 5.41) is 14.1. The molecule has 0 amide bonds. The summed E-state index contributed by atoms with van der Waals surface area (Å²) in [6.45, 7) is 1.64. The number of hydrogen-bond acceptors (Lipinski definition) is 3. The van der Waals surface area contributed by atoms with Crippen LogP contribution in [0.15, 0.2) is 78.9 Å². The topological polar surface area (TPSA) is 41.5 Å². The van der Waals surface area contributed by atoms with Gasteiger partial charge in [0.05, 0.1) is 6.10 Å². The average Bonchev–Trinajstić information content (AvgIpc) is 2.69. The molecule has 3 nitrogen and oxygen atoms in total. The third kappa shape index (κ3) is 5.33. The van der Waals surface area contributed by atoms with Crippen LogP contribution < -0.4 is 10.1 Å². The van der Waals surface area contributed by atoms with Crippen LogP contribution in [0.3, 0.4) is 0 Å². The van der Waals surface area contributed by atoms with E-state index < -0.39 is 6.10 Å². The van der Waals surface area contributed by atoms with Crippen LogP contribution in [0, 0.1) is 0 Å². The molecule has 0 saturated carbocycles. The van der Waals surface area contributed by atoms with Crippen LogP contribution in [-0.2, 0) is 13.2 Å². The van der Waals surface area contributed by atoms with Crippen LogP contribution in [0.25, 0.3) is 0 Å².